The lowest BCUT2D eigenvalue weighted by molar-refractivity contribution is -0.0422. The first-order chi connectivity index (χ1) is 17.8. The summed E-state index contributed by atoms with van der Waals surface area (Å²) in [6.07, 6.45) is 3.45. The maximum absolute atomic E-state index is 12.4. The molecule has 2 aromatic carbocycles. The van der Waals surface area contributed by atoms with Gasteiger partial charge in [0.25, 0.3) is 0 Å². The molecule has 2 rings (SSSR count). The summed E-state index contributed by atoms with van der Waals surface area (Å²) in [5, 5.41) is 12.6. The van der Waals surface area contributed by atoms with E-state index in [0.29, 0.717) is 17.9 Å². The fourth-order valence-electron chi connectivity index (χ4n) is 4.33. The van der Waals surface area contributed by atoms with E-state index in [9.17, 15) is 5.11 Å². The Labute approximate surface area is 231 Å². The lowest BCUT2D eigenvalue weighted by Crippen LogP contribution is -2.45. The molecule has 0 saturated carbocycles. The lowest BCUT2D eigenvalue weighted by Gasteiger charge is -2.44. The highest BCUT2D eigenvalue weighted by molar-refractivity contribution is 6.74. The van der Waals surface area contributed by atoms with Crippen LogP contribution in [-0.4, -0.2) is 47.8 Å². The number of methoxy groups -OCH3 is 2. The van der Waals surface area contributed by atoms with E-state index in [2.05, 4.69) is 47.7 Å². The van der Waals surface area contributed by atoms with Crippen molar-refractivity contribution in [1.82, 2.24) is 0 Å². The number of hydrogen-bond acceptors (Lipinski definition) is 6. The van der Waals surface area contributed by atoms with E-state index in [1.165, 1.54) is 0 Å². The molecule has 1 N–H and O–H groups in total. The summed E-state index contributed by atoms with van der Waals surface area (Å²) >= 11 is 0. The third-order valence-corrected chi connectivity index (χ3v) is 12.6. The van der Waals surface area contributed by atoms with Crippen LogP contribution >= 0.6 is 0 Å². The molecule has 0 aromatic heterocycles. The van der Waals surface area contributed by atoms with Gasteiger partial charge in [-0.1, -0.05) is 77.8 Å². The molecule has 6 nitrogen and oxygen atoms in total. The number of benzene rings is 2. The monoisotopic (exact) mass is 546 g/mol. The molecule has 1 unspecified atom stereocenters. The van der Waals surface area contributed by atoms with E-state index < -0.39 is 19.3 Å². The minimum Gasteiger partial charge on any atom is -0.467 e. The molecule has 0 aliphatic rings. The summed E-state index contributed by atoms with van der Waals surface area (Å²) in [6.45, 7) is 16.5. The average Bonchev–Trinajstić information content (AvgIpc) is 2.87. The predicted molar refractivity (Wildman–Crippen MR) is 156 cm³/mol. The second-order valence-electron chi connectivity index (χ2n) is 12.1. The van der Waals surface area contributed by atoms with Crippen LogP contribution in [0.25, 0.3) is 0 Å². The molecule has 0 aliphatic carbocycles. The van der Waals surface area contributed by atoms with Crippen LogP contribution in [0.15, 0.2) is 48.5 Å². The van der Waals surface area contributed by atoms with Crippen LogP contribution in [0, 0.1) is 0 Å². The summed E-state index contributed by atoms with van der Waals surface area (Å²) < 4.78 is 28.1. The van der Waals surface area contributed by atoms with Gasteiger partial charge in [0.1, 0.15) is 11.5 Å². The summed E-state index contributed by atoms with van der Waals surface area (Å²) in [5.41, 5.74) is 0.0197. The third kappa shape index (κ3) is 8.30. The molecule has 0 heterocycles. The molecule has 0 aliphatic heterocycles. The van der Waals surface area contributed by atoms with Gasteiger partial charge in [-0.25, -0.2) is 0 Å². The third-order valence-electron chi connectivity index (χ3n) is 8.03. The van der Waals surface area contributed by atoms with Gasteiger partial charge in [0, 0.05) is 32.3 Å². The van der Waals surface area contributed by atoms with E-state index in [1.54, 1.807) is 14.2 Å². The Morgan fingerprint density at radius 2 is 1.29 bits per heavy atom. The number of rotatable bonds is 16. The average molecular weight is 547 g/mol. The maximum atomic E-state index is 12.4. The van der Waals surface area contributed by atoms with Gasteiger partial charge in [-0.15, -0.1) is 0 Å². The molecule has 2 aromatic rings. The Kier molecular flexibility index (Phi) is 11.9. The molecule has 0 spiro atoms. The van der Waals surface area contributed by atoms with Crippen LogP contribution < -0.4 is 9.47 Å². The van der Waals surface area contributed by atoms with Crippen molar-refractivity contribution in [2.45, 2.75) is 89.5 Å². The molecule has 7 heteroatoms. The maximum Gasteiger partial charge on any atom is 0.191 e. The van der Waals surface area contributed by atoms with Crippen LogP contribution in [0.3, 0.4) is 0 Å². The topological polar surface area (TPSA) is 66.4 Å². The Bertz CT molecular complexity index is 944. The van der Waals surface area contributed by atoms with Crippen LogP contribution in [0.2, 0.25) is 18.1 Å². The second-order valence-corrected chi connectivity index (χ2v) is 16.9. The van der Waals surface area contributed by atoms with E-state index in [1.807, 2.05) is 48.5 Å². The number of hydrogen-bond donors (Lipinski definition) is 1. The van der Waals surface area contributed by atoms with Crippen molar-refractivity contribution in [3.05, 3.63) is 59.7 Å². The Balaban J connectivity index is 2.28. The van der Waals surface area contributed by atoms with Crippen molar-refractivity contribution < 1.29 is 28.5 Å². The molecular weight excluding hydrogens is 496 g/mol. The highest BCUT2D eigenvalue weighted by Gasteiger charge is 2.46. The lowest BCUT2D eigenvalue weighted by atomic mass is 9.64. The smallest absolute Gasteiger partial charge is 0.191 e. The van der Waals surface area contributed by atoms with Crippen LogP contribution in [0.4, 0.5) is 0 Å². The van der Waals surface area contributed by atoms with Crippen LogP contribution in [-0.2, 0) is 24.9 Å². The molecule has 0 saturated heterocycles. The van der Waals surface area contributed by atoms with Crippen LogP contribution in [0.1, 0.15) is 71.4 Å². The normalized spacial score (nSPS) is 14.3. The summed E-state index contributed by atoms with van der Waals surface area (Å²) in [6, 6.07) is 15.7. The Hall–Kier alpha value is -1.90. The first kappa shape index (κ1) is 32.3. The van der Waals surface area contributed by atoms with Crippen molar-refractivity contribution in [1.29, 1.82) is 0 Å². The van der Waals surface area contributed by atoms with Crippen molar-refractivity contribution in [2.24, 2.45) is 0 Å². The fourth-order valence-corrected chi connectivity index (χ4v) is 5.41. The number of unbranched alkanes of at least 4 members (excludes halogenated alkanes) is 2. The quantitative estimate of drug-likeness (QED) is 0.134. The SMILES string of the molecule is COCOc1cc(OCOC)cc(C(C)(C)C(O)(CCCCCO[Si](C)(C)C(C)(C)C)c2ccccc2)c1. The van der Waals surface area contributed by atoms with Gasteiger partial charge in [0.05, 0.1) is 5.60 Å². The van der Waals surface area contributed by atoms with Gasteiger partial charge < -0.3 is 28.5 Å². The molecular formula is C31H50O6Si. The molecule has 38 heavy (non-hydrogen) atoms. The summed E-state index contributed by atoms with van der Waals surface area (Å²) in [7, 11) is 1.42. The minimum atomic E-state index is -1.75. The van der Waals surface area contributed by atoms with Crippen molar-refractivity contribution in [3.63, 3.8) is 0 Å². The Morgan fingerprint density at radius 3 is 1.79 bits per heavy atom. The minimum absolute atomic E-state index is 0.119. The molecule has 0 bridgehead atoms. The first-order valence-electron chi connectivity index (χ1n) is 13.6. The zero-order chi connectivity index (χ0) is 28.5. The predicted octanol–water partition coefficient (Wildman–Crippen LogP) is 7.40. The van der Waals surface area contributed by atoms with Gasteiger partial charge in [-0.05, 0) is 54.2 Å². The molecule has 0 fully saturated rings. The van der Waals surface area contributed by atoms with Gasteiger partial charge in [-0.3, -0.25) is 0 Å². The molecule has 214 valence electrons. The summed E-state index contributed by atoms with van der Waals surface area (Å²) in [5.74, 6) is 1.23. The highest BCUT2D eigenvalue weighted by Crippen LogP contribution is 2.47. The fraction of sp³-hybridized carbons (Fsp3) is 0.613. The molecule has 0 radical (unpaired) electrons. The van der Waals surface area contributed by atoms with Gasteiger partial charge >= 0.3 is 0 Å². The standard InChI is InChI=1S/C31H50O6Si/c1-29(2,3)38(8,9)37-19-15-11-14-18-31(32,25-16-12-10-13-17-25)30(4,5)26-20-27(35-23-33-6)22-28(21-26)36-24-34-7/h10,12-13,16-17,20-22,32H,11,14-15,18-19,23-24H2,1-9H3. The zero-order valence-electron chi connectivity index (χ0n) is 25.1. The highest BCUT2D eigenvalue weighted by atomic mass is 28.4. The van der Waals surface area contributed by atoms with Gasteiger partial charge in [-0.2, -0.15) is 0 Å². The Morgan fingerprint density at radius 1 is 0.737 bits per heavy atom. The van der Waals surface area contributed by atoms with E-state index in [0.717, 1.165) is 37.0 Å². The van der Waals surface area contributed by atoms with E-state index in [-0.39, 0.29) is 18.6 Å². The molecule has 1 atom stereocenters. The van der Waals surface area contributed by atoms with Crippen molar-refractivity contribution >= 4 is 8.32 Å². The summed E-state index contributed by atoms with van der Waals surface area (Å²) in [4.78, 5) is 0. The second kappa shape index (κ2) is 13.9. The molecule has 0 amide bonds. The van der Waals surface area contributed by atoms with Crippen LogP contribution in [0.5, 0.6) is 11.5 Å². The van der Waals surface area contributed by atoms with Gasteiger partial charge in [0.15, 0.2) is 21.9 Å². The van der Waals surface area contributed by atoms with Crippen molar-refractivity contribution in [2.75, 3.05) is 34.4 Å². The van der Waals surface area contributed by atoms with Crippen molar-refractivity contribution in [3.8, 4) is 11.5 Å². The largest absolute Gasteiger partial charge is 0.467 e. The van der Waals surface area contributed by atoms with E-state index in [4.69, 9.17) is 23.4 Å². The number of aliphatic hydroxyl groups is 1. The zero-order valence-corrected chi connectivity index (χ0v) is 26.1. The first-order valence-corrected chi connectivity index (χ1v) is 16.5. The van der Waals surface area contributed by atoms with Gasteiger partial charge in [0.2, 0.25) is 0 Å². The number of ether oxygens (including phenoxy) is 4. The van der Waals surface area contributed by atoms with E-state index >= 15 is 0 Å².